The van der Waals surface area contributed by atoms with E-state index in [-0.39, 0.29) is 0 Å². The third-order valence-corrected chi connectivity index (χ3v) is 3.08. The molecule has 0 unspecified atom stereocenters. The summed E-state index contributed by atoms with van der Waals surface area (Å²) in [6, 6.07) is 0. The second-order valence-corrected chi connectivity index (χ2v) is 3.39. The van der Waals surface area contributed by atoms with E-state index in [9.17, 15) is 0 Å². The summed E-state index contributed by atoms with van der Waals surface area (Å²) < 4.78 is 11.9. The van der Waals surface area contributed by atoms with E-state index in [1.807, 2.05) is 0 Å². The Balaban J connectivity index is 2.54. The van der Waals surface area contributed by atoms with Crippen molar-refractivity contribution in [3.05, 3.63) is 0 Å². The minimum Gasteiger partial charge on any atom is -0.164 e. The van der Waals surface area contributed by atoms with Crippen molar-refractivity contribution < 1.29 is 0 Å². The fourth-order valence-corrected chi connectivity index (χ4v) is 2.50. The molecule has 3 nitrogen and oxygen atoms in total. The molecule has 1 aliphatic rings. The van der Waals surface area contributed by atoms with Gasteiger partial charge in [-0.15, -0.1) is 0 Å². The second-order valence-electron chi connectivity index (χ2n) is 1.13. The van der Waals surface area contributed by atoms with Crippen LogP contribution in [0, 0.1) is 0 Å². The molecule has 0 bridgehead atoms. The molecule has 1 aromatic heterocycles. The molecule has 6 heteroatoms. The summed E-state index contributed by atoms with van der Waals surface area (Å²) in [4.78, 5) is 0. The van der Waals surface area contributed by atoms with Gasteiger partial charge in [-0.25, -0.2) is 0 Å². The van der Waals surface area contributed by atoms with Crippen molar-refractivity contribution in [2.45, 2.75) is 10.1 Å². The summed E-state index contributed by atoms with van der Waals surface area (Å²) in [6.07, 6.45) is 0. The predicted molar refractivity (Wildman–Crippen MR) is 33.8 cm³/mol. The van der Waals surface area contributed by atoms with Crippen LogP contribution in [0.3, 0.4) is 0 Å². The number of hydrogen-bond donors (Lipinski definition) is 0. The molecule has 1 aromatic rings. The smallest absolute Gasteiger partial charge is 0.163 e. The zero-order valence-corrected chi connectivity index (χ0v) is 6.02. The molecule has 0 aromatic carbocycles. The van der Waals surface area contributed by atoms with E-state index in [0.29, 0.717) is 0 Å². The van der Waals surface area contributed by atoms with Crippen LogP contribution in [0.1, 0.15) is 0 Å². The number of aromatic nitrogens is 2. The Hall–Kier alpha value is 0.220. The lowest BCUT2D eigenvalue weighted by atomic mass is 10.9. The van der Waals surface area contributed by atoms with Crippen LogP contribution in [0.5, 0.6) is 0 Å². The van der Waals surface area contributed by atoms with E-state index < -0.39 is 0 Å². The molecule has 8 heavy (non-hydrogen) atoms. The van der Waals surface area contributed by atoms with Crippen molar-refractivity contribution in [1.82, 2.24) is 12.9 Å². The molecule has 0 saturated heterocycles. The van der Waals surface area contributed by atoms with Gasteiger partial charge in [-0.3, -0.25) is 0 Å². The van der Waals surface area contributed by atoms with E-state index in [4.69, 9.17) is 0 Å². The highest BCUT2D eigenvalue weighted by atomic mass is 32.2. The predicted octanol–water partition coefficient (Wildman–Crippen LogP) is 1.17. The molecular weight excluding hydrogens is 162 g/mol. The van der Waals surface area contributed by atoms with Crippen LogP contribution < -0.4 is 4.13 Å². The van der Waals surface area contributed by atoms with Gasteiger partial charge in [0.2, 0.25) is 0 Å². The number of hydrogen-bond acceptors (Lipinski definition) is 5. The molecule has 41 valence electrons. The Morgan fingerprint density at radius 1 is 1.00 bits per heavy atom. The van der Waals surface area contributed by atoms with Crippen LogP contribution in [-0.4, -0.2) is 8.75 Å². The quantitative estimate of drug-likeness (QED) is 0.537. The molecule has 0 saturated carbocycles. The summed E-state index contributed by atoms with van der Waals surface area (Å²) in [7, 11) is 0. The van der Waals surface area contributed by atoms with Gasteiger partial charge in [0.15, 0.2) is 10.1 Å². The Kier molecular flexibility index (Phi) is 1.18. The largest absolute Gasteiger partial charge is 0.164 e. The Morgan fingerprint density at radius 3 is 2.25 bits per heavy atom. The maximum absolute atomic E-state index is 3.98. The minimum atomic E-state index is 0.958. The Morgan fingerprint density at radius 2 is 1.62 bits per heavy atom. The monoisotopic (exact) mass is 162 g/mol. The van der Waals surface area contributed by atoms with Gasteiger partial charge < -0.3 is 0 Å². The van der Waals surface area contributed by atoms with Crippen LogP contribution in [-0.2, 0) is 0 Å². The van der Waals surface area contributed by atoms with Gasteiger partial charge in [0.05, 0.1) is 11.7 Å². The first-order valence-corrected chi connectivity index (χ1v) is 4.11. The van der Waals surface area contributed by atoms with Crippen molar-refractivity contribution in [2.24, 2.45) is 0 Å². The van der Waals surface area contributed by atoms with Crippen molar-refractivity contribution in [2.75, 3.05) is 0 Å². The van der Waals surface area contributed by atoms with Gasteiger partial charge in [-0.1, -0.05) is 4.13 Å². The zero-order chi connectivity index (χ0) is 5.40. The van der Waals surface area contributed by atoms with E-state index in [1.54, 1.807) is 0 Å². The van der Waals surface area contributed by atoms with E-state index in [2.05, 4.69) is 12.9 Å². The van der Waals surface area contributed by atoms with E-state index >= 15 is 0 Å². The van der Waals surface area contributed by atoms with Crippen LogP contribution in [0.4, 0.5) is 0 Å². The molecule has 0 fully saturated rings. The van der Waals surface area contributed by atoms with Crippen LogP contribution in [0.15, 0.2) is 10.1 Å². The lowest BCUT2D eigenvalue weighted by Gasteiger charge is -1.73. The van der Waals surface area contributed by atoms with Gasteiger partial charge >= 0.3 is 0 Å². The molecule has 0 aliphatic carbocycles. The average Bonchev–Trinajstić information content (AvgIpc) is 2.15. The molecule has 2 heterocycles. The fourth-order valence-electron chi connectivity index (χ4n) is 0.373. The van der Waals surface area contributed by atoms with E-state index in [1.165, 1.54) is 35.6 Å². The highest BCUT2D eigenvalue weighted by Crippen LogP contribution is 2.36. The molecule has 0 spiro atoms. The molecule has 0 N–H and O–H groups in total. The maximum atomic E-state index is 3.98. The van der Waals surface area contributed by atoms with Crippen molar-refractivity contribution in [1.29, 1.82) is 0 Å². The SMILES string of the molecule is [N]1Sc2nsnc2S1. The van der Waals surface area contributed by atoms with Gasteiger partial charge in [0, 0.05) is 23.9 Å². The van der Waals surface area contributed by atoms with Crippen LogP contribution in [0.2, 0.25) is 0 Å². The molecule has 0 atom stereocenters. The fraction of sp³-hybridized carbons (Fsp3) is 0. The first-order chi connectivity index (χ1) is 3.97. The molecular formula is C2N3S3. The first kappa shape index (κ1) is 5.04. The number of fused-ring (bicyclic) bond motifs is 1. The van der Waals surface area contributed by atoms with E-state index in [0.717, 1.165) is 10.1 Å². The lowest BCUT2D eigenvalue weighted by molar-refractivity contribution is 1.10. The summed E-state index contributed by atoms with van der Waals surface area (Å²) in [6.45, 7) is 0. The maximum Gasteiger partial charge on any atom is 0.163 e. The number of rotatable bonds is 0. The molecule has 1 aliphatic heterocycles. The normalized spacial score (nSPS) is 16.5. The summed E-state index contributed by atoms with van der Waals surface area (Å²) >= 11 is 4.04. The zero-order valence-electron chi connectivity index (χ0n) is 3.57. The average molecular weight is 162 g/mol. The van der Waals surface area contributed by atoms with Gasteiger partial charge in [-0.05, 0) is 0 Å². The molecule has 1 radical (unpaired) electrons. The Labute approximate surface area is 58.9 Å². The summed E-state index contributed by atoms with van der Waals surface area (Å²) in [5, 5.41) is 1.92. The third kappa shape index (κ3) is 0.644. The highest BCUT2D eigenvalue weighted by molar-refractivity contribution is 8.15. The first-order valence-electron chi connectivity index (χ1n) is 1.84. The minimum absolute atomic E-state index is 0.958. The third-order valence-electron chi connectivity index (χ3n) is 0.678. The highest BCUT2D eigenvalue weighted by Gasteiger charge is 2.17. The summed E-state index contributed by atoms with van der Waals surface area (Å²) in [5.74, 6) is 0. The number of nitrogens with zero attached hydrogens (tertiary/aromatic N) is 3. The topological polar surface area (TPSA) is 39.9 Å². The Bertz CT molecular complexity index is 178. The van der Waals surface area contributed by atoms with Gasteiger partial charge in [0.1, 0.15) is 0 Å². The summed E-state index contributed by atoms with van der Waals surface area (Å²) in [5.41, 5.74) is 0. The van der Waals surface area contributed by atoms with Gasteiger partial charge in [-0.2, -0.15) is 8.75 Å². The second kappa shape index (κ2) is 1.87. The lowest BCUT2D eigenvalue weighted by Crippen LogP contribution is -1.64. The van der Waals surface area contributed by atoms with Crippen molar-refractivity contribution in [3.63, 3.8) is 0 Å². The molecule has 2 rings (SSSR count). The molecule has 0 amide bonds. The van der Waals surface area contributed by atoms with Crippen molar-refractivity contribution in [3.8, 4) is 0 Å². The van der Waals surface area contributed by atoms with Crippen LogP contribution >= 0.6 is 35.6 Å². The standard InChI is InChI=1S/C2N3S3/c3-1-2(4-8-3)7-5-6-1. The van der Waals surface area contributed by atoms with Crippen molar-refractivity contribution >= 4 is 35.6 Å². The van der Waals surface area contributed by atoms with Gasteiger partial charge in [0.25, 0.3) is 0 Å². The van der Waals surface area contributed by atoms with Crippen LogP contribution in [0.25, 0.3) is 0 Å².